The Hall–Kier alpha value is -2.69. The molecule has 0 atom stereocenters. The highest BCUT2D eigenvalue weighted by Crippen LogP contribution is 2.19. The van der Waals surface area contributed by atoms with Gasteiger partial charge in [-0.25, -0.2) is 9.67 Å². The molecule has 0 fully saturated rings. The zero-order chi connectivity index (χ0) is 15.0. The first kappa shape index (κ1) is 13.3. The fraction of sp³-hybridized carbons (Fsp3) is 0.188. The molecule has 5 heteroatoms. The summed E-state index contributed by atoms with van der Waals surface area (Å²) < 4.78 is 1.66. The molecule has 3 aromatic rings. The molecule has 1 N–H and O–H groups in total. The molecule has 0 saturated heterocycles. The van der Waals surface area contributed by atoms with Gasteiger partial charge in [0.2, 0.25) is 5.95 Å². The first-order valence-electron chi connectivity index (χ1n) is 6.76. The Morgan fingerprint density at radius 3 is 2.43 bits per heavy atom. The van der Waals surface area contributed by atoms with E-state index in [1.165, 1.54) is 0 Å². The van der Waals surface area contributed by atoms with Crippen molar-refractivity contribution in [2.75, 3.05) is 0 Å². The fourth-order valence-electron chi connectivity index (χ4n) is 2.34. The monoisotopic (exact) mass is 280 g/mol. The van der Waals surface area contributed by atoms with Crippen LogP contribution < -0.4 is 5.56 Å². The van der Waals surface area contributed by atoms with Crippen LogP contribution in [0.15, 0.2) is 41.2 Å². The zero-order valence-corrected chi connectivity index (χ0v) is 12.2. The van der Waals surface area contributed by atoms with Crippen molar-refractivity contribution < 1.29 is 0 Å². The van der Waals surface area contributed by atoms with E-state index in [0.717, 1.165) is 17.0 Å². The zero-order valence-electron chi connectivity index (χ0n) is 12.2. The molecule has 3 rings (SSSR count). The molecule has 0 aliphatic heterocycles. The van der Waals surface area contributed by atoms with E-state index in [2.05, 4.69) is 15.1 Å². The number of hydrogen-bond donors (Lipinski definition) is 1. The highest BCUT2D eigenvalue weighted by Gasteiger charge is 2.12. The SMILES string of the molecule is Cc1cc(C)n(-c2nc(-c3ccccc3)c(C)c(=O)[nH]2)n1. The van der Waals surface area contributed by atoms with Gasteiger partial charge in [0.05, 0.1) is 11.4 Å². The lowest BCUT2D eigenvalue weighted by atomic mass is 10.1. The summed E-state index contributed by atoms with van der Waals surface area (Å²) in [6.07, 6.45) is 0. The number of rotatable bonds is 2. The Kier molecular flexibility index (Phi) is 3.17. The first-order valence-corrected chi connectivity index (χ1v) is 6.76. The van der Waals surface area contributed by atoms with E-state index in [0.29, 0.717) is 17.2 Å². The Morgan fingerprint density at radius 2 is 1.81 bits per heavy atom. The van der Waals surface area contributed by atoms with Gasteiger partial charge in [-0.2, -0.15) is 5.10 Å². The summed E-state index contributed by atoms with van der Waals surface area (Å²) in [6.45, 7) is 5.62. The number of aromatic nitrogens is 4. The van der Waals surface area contributed by atoms with Gasteiger partial charge in [0.15, 0.2) is 0 Å². The van der Waals surface area contributed by atoms with Gasteiger partial charge in [-0.1, -0.05) is 30.3 Å². The Balaban J connectivity index is 2.24. The average molecular weight is 280 g/mol. The van der Waals surface area contributed by atoms with Gasteiger partial charge in [-0.15, -0.1) is 0 Å². The number of aromatic amines is 1. The molecule has 0 radical (unpaired) electrons. The normalized spacial score (nSPS) is 10.8. The van der Waals surface area contributed by atoms with Crippen molar-refractivity contribution in [1.82, 2.24) is 19.7 Å². The van der Waals surface area contributed by atoms with Crippen molar-refractivity contribution >= 4 is 0 Å². The van der Waals surface area contributed by atoms with Crippen molar-refractivity contribution in [3.05, 3.63) is 63.7 Å². The van der Waals surface area contributed by atoms with Crippen LogP contribution in [0.5, 0.6) is 0 Å². The molecular weight excluding hydrogens is 264 g/mol. The maximum atomic E-state index is 12.2. The second kappa shape index (κ2) is 5.01. The molecule has 0 spiro atoms. The molecule has 0 aliphatic rings. The predicted octanol–water partition coefficient (Wildman–Crippen LogP) is 2.55. The second-order valence-corrected chi connectivity index (χ2v) is 5.07. The lowest BCUT2D eigenvalue weighted by Gasteiger charge is -2.08. The average Bonchev–Trinajstić information content (AvgIpc) is 2.81. The van der Waals surface area contributed by atoms with E-state index in [9.17, 15) is 4.79 Å². The smallest absolute Gasteiger partial charge is 0.255 e. The highest BCUT2D eigenvalue weighted by atomic mass is 16.1. The van der Waals surface area contributed by atoms with Gasteiger partial charge in [-0.3, -0.25) is 9.78 Å². The summed E-state index contributed by atoms with van der Waals surface area (Å²) in [5, 5.41) is 4.37. The quantitative estimate of drug-likeness (QED) is 0.784. The molecule has 2 heterocycles. The standard InChI is InChI=1S/C16H16N4O/c1-10-9-11(2)20(19-10)16-17-14(12(3)15(21)18-16)13-7-5-4-6-8-13/h4-9H,1-3H3,(H,17,18,21). The number of nitrogens with zero attached hydrogens (tertiary/aromatic N) is 3. The van der Waals surface area contributed by atoms with Crippen LogP contribution in [0, 0.1) is 20.8 Å². The van der Waals surface area contributed by atoms with Crippen LogP contribution in [0.25, 0.3) is 17.2 Å². The molecule has 5 nitrogen and oxygen atoms in total. The third kappa shape index (κ3) is 2.38. The van der Waals surface area contributed by atoms with Gasteiger partial charge in [0.1, 0.15) is 0 Å². The van der Waals surface area contributed by atoms with E-state index >= 15 is 0 Å². The largest absolute Gasteiger partial charge is 0.291 e. The van der Waals surface area contributed by atoms with Crippen LogP contribution in [0.4, 0.5) is 0 Å². The van der Waals surface area contributed by atoms with Gasteiger partial charge in [-0.05, 0) is 26.8 Å². The van der Waals surface area contributed by atoms with Crippen molar-refractivity contribution in [1.29, 1.82) is 0 Å². The van der Waals surface area contributed by atoms with Crippen LogP contribution in [0.3, 0.4) is 0 Å². The summed E-state index contributed by atoms with van der Waals surface area (Å²) in [5.41, 5.74) is 3.87. The minimum atomic E-state index is -0.147. The van der Waals surface area contributed by atoms with Crippen LogP contribution in [0.2, 0.25) is 0 Å². The van der Waals surface area contributed by atoms with Crippen molar-refractivity contribution in [3.63, 3.8) is 0 Å². The van der Waals surface area contributed by atoms with Crippen molar-refractivity contribution in [2.24, 2.45) is 0 Å². The topological polar surface area (TPSA) is 63.6 Å². The molecule has 0 unspecified atom stereocenters. The van der Waals surface area contributed by atoms with Gasteiger partial charge in [0, 0.05) is 16.8 Å². The third-order valence-electron chi connectivity index (χ3n) is 3.40. The molecule has 0 saturated carbocycles. The highest BCUT2D eigenvalue weighted by molar-refractivity contribution is 5.62. The molecule has 2 aromatic heterocycles. The first-order chi connectivity index (χ1) is 10.1. The molecule has 106 valence electrons. The van der Waals surface area contributed by atoms with Gasteiger partial charge < -0.3 is 0 Å². The predicted molar refractivity (Wildman–Crippen MR) is 81.6 cm³/mol. The number of benzene rings is 1. The maximum absolute atomic E-state index is 12.2. The summed E-state index contributed by atoms with van der Waals surface area (Å²) in [4.78, 5) is 19.6. The lowest BCUT2D eigenvalue weighted by Crippen LogP contribution is -2.18. The van der Waals surface area contributed by atoms with E-state index in [-0.39, 0.29) is 5.56 Å². The Bertz CT molecular complexity index is 846. The summed E-state index contributed by atoms with van der Waals surface area (Å²) in [7, 11) is 0. The summed E-state index contributed by atoms with van der Waals surface area (Å²) in [6, 6.07) is 11.6. The minimum absolute atomic E-state index is 0.147. The van der Waals surface area contributed by atoms with Crippen LogP contribution in [-0.4, -0.2) is 19.7 Å². The van der Waals surface area contributed by atoms with Crippen LogP contribution >= 0.6 is 0 Å². The summed E-state index contributed by atoms with van der Waals surface area (Å²) in [5.74, 6) is 0.440. The van der Waals surface area contributed by atoms with Crippen molar-refractivity contribution in [3.8, 4) is 17.2 Å². The van der Waals surface area contributed by atoms with E-state index in [1.807, 2.05) is 50.2 Å². The number of hydrogen-bond acceptors (Lipinski definition) is 3. The third-order valence-corrected chi connectivity index (χ3v) is 3.40. The molecule has 0 amide bonds. The minimum Gasteiger partial charge on any atom is -0.291 e. The van der Waals surface area contributed by atoms with E-state index in [1.54, 1.807) is 11.6 Å². The maximum Gasteiger partial charge on any atom is 0.255 e. The number of nitrogens with one attached hydrogen (secondary N) is 1. The van der Waals surface area contributed by atoms with Gasteiger partial charge in [0.25, 0.3) is 5.56 Å². The fourth-order valence-corrected chi connectivity index (χ4v) is 2.34. The van der Waals surface area contributed by atoms with Crippen LogP contribution in [0.1, 0.15) is 17.0 Å². The number of H-pyrrole nitrogens is 1. The molecule has 21 heavy (non-hydrogen) atoms. The second-order valence-electron chi connectivity index (χ2n) is 5.07. The van der Waals surface area contributed by atoms with Crippen molar-refractivity contribution in [2.45, 2.75) is 20.8 Å². The summed E-state index contributed by atoms with van der Waals surface area (Å²) >= 11 is 0. The Labute approximate surface area is 122 Å². The van der Waals surface area contributed by atoms with E-state index in [4.69, 9.17) is 0 Å². The van der Waals surface area contributed by atoms with Gasteiger partial charge >= 0.3 is 0 Å². The molecular formula is C16H16N4O. The van der Waals surface area contributed by atoms with E-state index < -0.39 is 0 Å². The number of aryl methyl sites for hydroxylation is 2. The van der Waals surface area contributed by atoms with Crippen LogP contribution in [-0.2, 0) is 0 Å². The molecule has 0 aliphatic carbocycles. The molecule has 0 bridgehead atoms. The lowest BCUT2D eigenvalue weighted by molar-refractivity contribution is 0.767. The molecule has 1 aromatic carbocycles. The Morgan fingerprint density at radius 1 is 1.10 bits per heavy atom.